The molecule has 7 heteroatoms. The van der Waals surface area contributed by atoms with Crippen molar-refractivity contribution in [3.05, 3.63) is 29.3 Å². The molecule has 0 aliphatic rings. The van der Waals surface area contributed by atoms with Crippen LogP contribution in [-0.2, 0) is 6.18 Å². The van der Waals surface area contributed by atoms with Gasteiger partial charge in [-0.1, -0.05) is 0 Å². The second-order valence-corrected chi connectivity index (χ2v) is 3.84. The average molecular weight is 266 g/mol. The van der Waals surface area contributed by atoms with Crippen LogP contribution in [0.4, 0.5) is 13.2 Å². The van der Waals surface area contributed by atoms with Gasteiger partial charge in [-0.05, 0) is 30.2 Å². The van der Waals surface area contributed by atoms with Crippen molar-refractivity contribution in [2.24, 2.45) is 0 Å². The van der Waals surface area contributed by atoms with Gasteiger partial charge in [-0.15, -0.1) is 0 Å². The number of rotatable bonds is 4. The zero-order valence-corrected chi connectivity index (χ0v) is 9.22. The van der Waals surface area contributed by atoms with Gasteiger partial charge in [0.05, 0.1) is 11.7 Å². The Bertz CT molecular complexity index is 406. The third-order valence-electron chi connectivity index (χ3n) is 2.40. The molecular weight excluding hydrogens is 253 g/mol. The monoisotopic (exact) mass is 266 g/mol. The maximum atomic E-state index is 12.5. The predicted octanol–water partition coefficient (Wildman–Crippen LogP) is 1.19. The van der Waals surface area contributed by atoms with Crippen LogP contribution in [0.25, 0.3) is 0 Å². The van der Waals surface area contributed by atoms with Gasteiger partial charge in [0.2, 0.25) is 0 Å². The van der Waals surface area contributed by atoms with Crippen molar-refractivity contribution in [2.75, 3.05) is 6.61 Å². The molecule has 0 radical (unpaired) electrons. The van der Waals surface area contributed by atoms with Crippen LogP contribution in [0.15, 0.2) is 18.2 Å². The highest BCUT2D eigenvalue weighted by Gasteiger charge is 2.32. The molecule has 1 aromatic carbocycles. The first kappa shape index (κ1) is 14.7. The van der Waals surface area contributed by atoms with Crippen molar-refractivity contribution in [3.8, 4) is 5.75 Å². The Kier molecular flexibility index (Phi) is 4.55. The summed E-state index contributed by atoms with van der Waals surface area (Å²) in [6, 6.07) is 2.10. The van der Waals surface area contributed by atoms with E-state index in [-0.39, 0.29) is 12.0 Å². The molecule has 2 atom stereocenters. The van der Waals surface area contributed by atoms with Gasteiger partial charge in [0, 0.05) is 6.61 Å². The van der Waals surface area contributed by atoms with E-state index in [1.165, 1.54) is 0 Å². The van der Waals surface area contributed by atoms with Gasteiger partial charge < -0.3 is 20.4 Å². The van der Waals surface area contributed by atoms with Gasteiger partial charge in [0.25, 0.3) is 0 Å². The highest BCUT2D eigenvalue weighted by molar-refractivity contribution is 5.36. The molecule has 4 nitrogen and oxygen atoms in total. The summed E-state index contributed by atoms with van der Waals surface area (Å²) in [5, 5.41) is 36.7. The molecule has 0 spiro atoms. The first-order valence-corrected chi connectivity index (χ1v) is 5.14. The molecule has 0 aliphatic heterocycles. The lowest BCUT2D eigenvalue weighted by Gasteiger charge is -2.19. The molecule has 4 N–H and O–H groups in total. The molecule has 18 heavy (non-hydrogen) atoms. The summed E-state index contributed by atoms with van der Waals surface area (Å²) >= 11 is 0. The summed E-state index contributed by atoms with van der Waals surface area (Å²) in [6.07, 6.45) is -7.85. The normalized spacial score (nSPS) is 15.4. The molecule has 0 aromatic heterocycles. The fourth-order valence-corrected chi connectivity index (χ4v) is 1.48. The SMILES string of the molecule is OCCC(O)C(O)c1cc(O)cc(C(F)(F)F)c1. The average Bonchev–Trinajstić information content (AvgIpc) is 2.26. The molecule has 0 fully saturated rings. The van der Waals surface area contributed by atoms with E-state index >= 15 is 0 Å². The highest BCUT2D eigenvalue weighted by Crippen LogP contribution is 2.34. The summed E-state index contributed by atoms with van der Waals surface area (Å²) in [5.41, 5.74) is -1.38. The van der Waals surface area contributed by atoms with E-state index in [0.29, 0.717) is 12.1 Å². The molecular formula is C11H13F3O4. The highest BCUT2D eigenvalue weighted by atomic mass is 19.4. The van der Waals surface area contributed by atoms with Crippen molar-refractivity contribution >= 4 is 0 Å². The van der Waals surface area contributed by atoms with Crippen molar-refractivity contribution in [1.29, 1.82) is 0 Å². The number of alkyl halides is 3. The van der Waals surface area contributed by atoms with Crippen LogP contribution in [0, 0.1) is 0 Å². The zero-order valence-electron chi connectivity index (χ0n) is 9.22. The number of aromatic hydroxyl groups is 1. The van der Waals surface area contributed by atoms with E-state index in [4.69, 9.17) is 5.11 Å². The molecule has 1 rings (SSSR count). The topological polar surface area (TPSA) is 80.9 Å². The Morgan fingerprint density at radius 2 is 1.72 bits per heavy atom. The van der Waals surface area contributed by atoms with Gasteiger partial charge in [-0.25, -0.2) is 0 Å². The molecule has 0 aliphatic carbocycles. The number of hydrogen-bond acceptors (Lipinski definition) is 4. The summed E-state index contributed by atoms with van der Waals surface area (Å²) in [6.45, 7) is -0.414. The van der Waals surface area contributed by atoms with Crippen molar-refractivity contribution in [3.63, 3.8) is 0 Å². The fourth-order valence-electron chi connectivity index (χ4n) is 1.48. The fraction of sp³-hybridized carbons (Fsp3) is 0.455. The van der Waals surface area contributed by atoms with Crippen molar-refractivity contribution in [1.82, 2.24) is 0 Å². The smallest absolute Gasteiger partial charge is 0.416 e. The largest absolute Gasteiger partial charge is 0.508 e. The third-order valence-corrected chi connectivity index (χ3v) is 2.40. The molecule has 0 saturated carbocycles. The molecule has 0 amide bonds. The van der Waals surface area contributed by atoms with Crippen LogP contribution in [-0.4, -0.2) is 33.1 Å². The lowest BCUT2D eigenvalue weighted by atomic mass is 9.99. The molecule has 0 bridgehead atoms. The standard InChI is InChI=1S/C11H13F3O4/c12-11(13,14)7-3-6(4-8(16)5-7)10(18)9(17)1-2-15/h3-5,9-10,15-18H,1-2H2. The molecule has 102 valence electrons. The van der Waals surface area contributed by atoms with Gasteiger partial charge in [-0.2, -0.15) is 13.2 Å². The molecule has 0 saturated heterocycles. The lowest BCUT2D eigenvalue weighted by molar-refractivity contribution is -0.137. The molecule has 0 heterocycles. The molecule has 1 aromatic rings. The Morgan fingerprint density at radius 3 is 2.22 bits per heavy atom. The van der Waals surface area contributed by atoms with Crippen LogP contribution < -0.4 is 0 Å². The van der Waals surface area contributed by atoms with Crippen molar-refractivity contribution in [2.45, 2.75) is 24.8 Å². The minimum absolute atomic E-state index is 0.182. The maximum absolute atomic E-state index is 12.5. The summed E-state index contributed by atoms with van der Waals surface area (Å²) in [4.78, 5) is 0. The van der Waals surface area contributed by atoms with E-state index in [9.17, 15) is 28.5 Å². The van der Waals surface area contributed by atoms with Gasteiger partial charge in [-0.3, -0.25) is 0 Å². The number of phenols is 1. The number of halogens is 3. The van der Waals surface area contributed by atoms with E-state index in [2.05, 4.69) is 0 Å². The Hall–Kier alpha value is -1.31. The molecule has 2 unspecified atom stereocenters. The van der Waals surface area contributed by atoms with Crippen LogP contribution in [0.1, 0.15) is 23.7 Å². The minimum Gasteiger partial charge on any atom is -0.508 e. The quantitative estimate of drug-likeness (QED) is 0.660. The summed E-state index contributed by atoms with van der Waals surface area (Å²) < 4.78 is 37.4. The number of benzene rings is 1. The second-order valence-electron chi connectivity index (χ2n) is 3.84. The number of aliphatic hydroxyl groups is 3. The van der Waals surface area contributed by atoms with Crippen LogP contribution in [0.5, 0.6) is 5.75 Å². The maximum Gasteiger partial charge on any atom is 0.416 e. The zero-order chi connectivity index (χ0) is 13.9. The second kappa shape index (κ2) is 5.55. The van der Waals surface area contributed by atoms with Gasteiger partial charge in [0.15, 0.2) is 0 Å². The van der Waals surface area contributed by atoms with Crippen LogP contribution in [0.2, 0.25) is 0 Å². The Morgan fingerprint density at radius 1 is 1.11 bits per heavy atom. The lowest BCUT2D eigenvalue weighted by Crippen LogP contribution is -2.20. The number of phenolic OH excluding ortho intramolecular Hbond substituents is 1. The van der Waals surface area contributed by atoms with E-state index < -0.39 is 36.3 Å². The Labute approximate surface area is 101 Å². The summed E-state index contributed by atoms with van der Waals surface area (Å²) in [7, 11) is 0. The van der Waals surface area contributed by atoms with Gasteiger partial charge in [0.1, 0.15) is 11.9 Å². The van der Waals surface area contributed by atoms with Crippen LogP contribution >= 0.6 is 0 Å². The Balaban J connectivity index is 3.06. The third kappa shape index (κ3) is 3.59. The van der Waals surface area contributed by atoms with E-state index in [1.54, 1.807) is 0 Å². The van der Waals surface area contributed by atoms with Crippen LogP contribution in [0.3, 0.4) is 0 Å². The summed E-state index contributed by atoms with van der Waals surface area (Å²) in [5.74, 6) is -0.657. The first-order valence-electron chi connectivity index (χ1n) is 5.14. The van der Waals surface area contributed by atoms with Crippen molar-refractivity contribution < 1.29 is 33.6 Å². The van der Waals surface area contributed by atoms with E-state index in [1.807, 2.05) is 0 Å². The van der Waals surface area contributed by atoms with Gasteiger partial charge >= 0.3 is 6.18 Å². The minimum atomic E-state index is -4.66. The number of aliphatic hydroxyl groups excluding tert-OH is 3. The first-order chi connectivity index (χ1) is 8.25. The van der Waals surface area contributed by atoms with E-state index in [0.717, 1.165) is 6.07 Å². The predicted molar refractivity (Wildman–Crippen MR) is 55.8 cm³/mol. The number of hydrogen-bond donors (Lipinski definition) is 4.